The van der Waals surface area contributed by atoms with Gasteiger partial charge in [0.15, 0.2) is 11.4 Å². The van der Waals surface area contributed by atoms with Gasteiger partial charge in [0.1, 0.15) is 22.5 Å². The zero-order chi connectivity index (χ0) is 20.5. The molecule has 8 heteroatoms. The first kappa shape index (κ1) is 19.9. The zero-order valence-corrected chi connectivity index (χ0v) is 16.9. The number of fused-ring (bicyclic) bond motifs is 1. The van der Waals surface area contributed by atoms with Crippen LogP contribution in [0.1, 0.15) is 35.0 Å². The third-order valence-electron chi connectivity index (χ3n) is 4.60. The highest BCUT2D eigenvalue weighted by Gasteiger charge is 2.35. The Balaban J connectivity index is 1.93. The molecule has 2 N–H and O–H groups in total. The van der Waals surface area contributed by atoms with E-state index < -0.39 is 22.4 Å². The smallest absolute Gasteiger partial charge is 0.276 e. The van der Waals surface area contributed by atoms with Crippen molar-refractivity contribution in [2.45, 2.75) is 30.7 Å². The van der Waals surface area contributed by atoms with E-state index in [1.807, 2.05) is 13.8 Å². The minimum Gasteiger partial charge on any atom is -0.488 e. The van der Waals surface area contributed by atoms with Crippen molar-refractivity contribution < 1.29 is 13.7 Å². The fourth-order valence-electron chi connectivity index (χ4n) is 3.08. The number of ether oxygens (including phenoxy) is 1. The molecule has 0 saturated carbocycles. The summed E-state index contributed by atoms with van der Waals surface area (Å²) in [5.41, 5.74) is 1.55. The highest BCUT2D eigenvalue weighted by Crippen LogP contribution is 2.33. The molecule has 1 aromatic carbocycles. The summed E-state index contributed by atoms with van der Waals surface area (Å²) in [5.74, 6) is -0.105. The lowest BCUT2D eigenvalue weighted by molar-refractivity contribution is 0.101. The van der Waals surface area contributed by atoms with Gasteiger partial charge in [-0.3, -0.25) is 4.79 Å². The lowest BCUT2D eigenvalue weighted by Crippen LogP contribution is -2.46. The summed E-state index contributed by atoms with van der Waals surface area (Å²) >= 11 is 0. The van der Waals surface area contributed by atoms with Crippen LogP contribution in [0.25, 0.3) is 0 Å². The summed E-state index contributed by atoms with van der Waals surface area (Å²) in [7, 11) is 0.167. The summed E-state index contributed by atoms with van der Waals surface area (Å²) < 4.78 is 23.3. The molecule has 7 nitrogen and oxygen atoms in total. The Bertz CT molecular complexity index is 1020. The van der Waals surface area contributed by atoms with E-state index in [4.69, 9.17) is 4.74 Å². The van der Waals surface area contributed by atoms with Crippen molar-refractivity contribution in [3.05, 3.63) is 53.9 Å². The number of hydrogen-bond donors (Lipinski definition) is 2. The molecule has 0 bridgehead atoms. The van der Waals surface area contributed by atoms with E-state index in [-0.39, 0.29) is 12.3 Å². The van der Waals surface area contributed by atoms with Crippen LogP contribution >= 0.6 is 0 Å². The maximum absolute atomic E-state index is 12.9. The maximum Gasteiger partial charge on any atom is 0.276 e. The van der Waals surface area contributed by atoms with Crippen LogP contribution < -0.4 is 14.8 Å². The number of nitrogens with one attached hydrogen (secondary N) is 2. The number of nitriles is 1. The Kier molecular flexibility index (Phi) is 5.40. The predicted molar refractivity (Wildman–Crippen MR) is 108 cm³/mol. The molecule has 2 unspecified atom stereocenters. The second kappa shape index (κ2) is 7.62. The largest absolute Gasteiger partial charge is 0.488 e. The number of carbonyl (C=O) groups is 1. The molecule has 3 rings (SSSR count). The molecule has 0 aliphatic carbocycles. The van der Waals surface area contributed by atoms with Gasteiger partial charge in [-0.2, -0.15) is 5.26 Å². The Morgan fingerprint density at radius 1 is 1.57 bits per heavy atom. The summed E-state index contributed by atoms with van der Waals surface area (Å²) in [4.78, 5) is 13.3. The molecule has 0 spiro atoms. The standard InChI is InChI=1S/C20H22N4O3S/c1-5-8-20(3)12-27-18-16(28(26)23-20)11-24(4)17(18)19(25)22-15-7-6-13(2)14(9-15)10-21/h5-7,9,11,23H,1,8,12H2,2-4H3,(H,22,25). The lowest BCUT2D eigenvalue weighted by Gasteiger charge is -2.26. The van der Waals surface area contributed by atoms with Crippen LogP contribution in [-0.2, 0) is 18.0 Å². The first-order valence-corrected chi connectivity index (χ1v) is 9.87. The summed E-state index contributed by atoms with van der Waals surface area (Å²) in [5, 5.41) is 12.0. The van der Waals surface area contributed by atoms with Gasteiger partial charge in [-0.15, -0.1) is 6.58 Å². The minimum absolute atomic E-state index is 0.241. The van der Waals surface area contributed by atoms with Gasteiger partial charge < -0.3 is 14.6 Å². The van der Waals surface area contributed by atoms with E-state index in [1.165, 1.54) is 0 Å². The molecule has 2 heterocycles. The van der Waals surface area contributed by atoms with Gasteiger partial charge >= 0.3 is 0 Å². The van der Waals surface area contributed by atoms with E-state index >= 15 is 0 Å². The first-order valence-electron chi connectivity index (χ1n) is 8.72. The van der Waals surface area contributed by atoms with Crippen LogP contribution in [0.3, 0.4) is 0 Å². The predicted octanol–water partition coefficient (Wildman–Crippen LogP) is 2.80. The first-order chi connectivity index (χ1) is 13.3. The van der Waals surface area contributed by atoms with Crippen LogP contribution in [-0.4, -0.2) is 26.8 Å². The Hall–Kier alpha value is -2.89. The van der Waals surface area contributed by atoms with Gasteiger partial charge in [0, 0.05) is 18.9 Å². The topological polar surface area (TPSA) is 96.2 Å². The molecular formula is C20H22N4O3S. The van der Waals surface area contributed by atoms with E-state index in [9.17, 15) is 14.3 Å². The number of anilines is 1. The third-order valence-corrected chi connectivity index (χ3v) is 5.97. The summed E-state index contributed by atoms with van der Waals surface area (Å²) in [6.45, 7) is 7.70. The van der Waals surface area contributed by atoms with E-state index in [0.29, 0.717) is 28.3 Å². The highest BCUT2D eigenvalue weighted by atomic mass is 32.2. The number of aryl methyl sites for hydroxylation is 2. The highest BCUT2D eigenvalue weighted by molar-refractivity contribution is 7.83. The van der Waals surface area contributed by atoms with E-state index in [2.05, 4.69) is 22.7 Å². The Morgan fingerprint density at radius 2 is 2.32 bits per heavy atom. The van der Waals surface area contributed by atoms with Gasteiger partial charge in [-0.25, -0.2) is 8.93 Å². The van der Waals surface area contributed by atoms with Crippen molar-refractivity contribution in [3.8, 4) is 11.8 Å². The fourth-order valence-corrected chi connectivity index (χ4v) is 4.36. The second-order valence-electron chi connectivity index (χ2n) is 7.09. The average molecular weight is 398 g/mol. The van der Waals surface area contributed by atoms with Crippen molar-refractivity contribution in [3.63, 3.8) is 0 Å². The molecule has 1 aromatic heterocycles. The van der Waals surface area contributed by atoms with E-state index in [1.54, 1.807) is 42.1 Å². The quantitative estimate of drug-likeness (QED) is 0.774. The number of benzene rings is 1. The zero-order valence-electron chi connectivity index (χ0n) is 16.0. The van der Waals surface area contributed by atoms with Crippen molar-refractivity contribution in [1.82, 2.24) is 9.29 Å². The van der Waals surface area contributed by atoms with Crippen LogP contribution in [0.15, 0.2) is 41.9 Å². The molecular weight excluding hydrogens is 376 g/mol. The van der Waals surface area contributed by atoms with Crippen molar-refractivity contribution in [2.24, 2.45) is 7.05 Å². The van der Waals surface area contributed by atoms with Crippen molar-refractivity contribution >= 4 is 22.6 Å². The molecule has 28 heavy (non-hydrogen) atoms. The maximum atomic E-state index is 12.9. The van der Waals surface area contributed by atoms with Crippen LogP contribution in [0.4, 0.5) is 5.69 Å². The lowest BCUT2D eigenvalue weighted by atomic mass is 10.0. The number of amides is 1. The summed E-state index contributed by atoms with van der Waals surface area (Å²) in [6, 6.07) is 7.23. The molecule has 1 amide bonds. The molecule has 2 atom stereocenters. The van der Waals surface area contributed by atoms with Crippen molar-refractivity contribution in [2.75, 3.05) is 11.9 Å². The fraction of sp³-hybridized carbons (Fsp3) is 0.300. The number of nitrogens with zero attached hydrogens (tertiary/aromatic N) is 2. The van der Waals surface area contributed by atoms with Gasteiger partial charge in [0.05, 0.1) is 17.2 Å². The van der Waals surface area contributed by atoms with Gasteiger partial charge in [0.25, 0.3) is 5.91 Å². The molecule has 1 aliphatic rings. The minimum atomic E-state index is -1.53. The van der Waals surface area contributed by atoms with Crippen LogP contribution in [0, 0.1) is 18.3 Å². The van der Waals surface area contributed by atoms with Crippen LogP contribution in [0.2, 0.25) is 0 Å². The van der Waals surface area contributed by atoms with Crippen molar-refractivity contribution in [1.29, 1.82) is 5.26 Å². The number of aromatic nitrogens is 1. The second-order valence-corrected chi connectivity index (χ2v) is 8.27. The average Bonchev–Trinajstić information content (AvgIpc) is 2.92. The summed E-state index contributed by atoms with van der Waals surface area (Å²) in [6.07, 6.45) is 3.93. The van der Waals surface area contributed by atoms with Gasteiger partial charge in [-0.1, -0.05) is 12.1 Å². The van der Waals surface area contributed by atoms with Gasteiger partial charge in [0.2, 0.25) is 0 Å². The van der Waals surface area contributed by atoms with E-state index in [0.717, 1.165) is 5.56 Å². The number of carbonyl (C=O) groups excluding carboxylic acids is 1. The Labute approximate surface area is 166 Å². The number of rotatable bonds is 4. The molecule has 146 valence electrons. The molecule has 0 fully saturated rings. The Morgan fingerprint density at radius 3 is 3.00 bits per heavy atom. The third kappa shape index (κ3) is 3.72. The monoisotopic (exact) mass is 398 g/mol. The normalized spacial score (nSPS) is 21.0. The molecule has 0 radical (unpaired) electrons. The SMILES string of the molecule is C=CCC1(C)COc2c(cn(C)c2C(=O)Nc2ccc(C)c(C#N)c2)S(=O)N1. The van der Waals surface area contributed by atoms with Crippen LogP contribution in [0.5, 0.6) is 5.75 Å². The molecule has 1 aliphatic heterocycles. The number of hydrogen-bond acceptors (Lipinski definition) is 4. The van der Waals surface area contributed by atoms with Gasteiger partial charge in [-0.05, 0) is 38.0 Å². The molecule has 2 aromatic rings. The molecule has 0 saturated heterocycles.